The SMILES string of the molecule is CCO[Si](CCCS)(OCC)OCC.O=S(=O)(O)O. The summed E-state index contributed by atoms with van der Waals surface area (Å²) in [7, 11) is -7.03. The van der Waals surface area contributed by atoms with Crippen LogP contribution < -0.4 is 0 Å². The fourth-order valence-corrected chi connectivity index (χ4v) is 4.36. The number of hydrogen-bond acceptors (Lipinski definition) is 6. The Labute approximate surface area is 122 Å². The largest absolute Gasteiger partial charge is 0.500 e. The molecule has 0 fully saturated rings. The second kappa shape index (κ2) is 12.1. The van der Waals surface area contributed by atoms with E-state index in [1.54, 1.807) is 0 Å². The van der Waals surface area contributed by atoms with Gasteiger partial charge in [0.2, 0.25) is 0 Å². The first kappa shape index (κ1) is 21.6. The molecule has 0 radical (unpaired) electrons. The maximum Gasteiger partial charge on any atom is 0.500 e. The molecule has 0 atom stereocenters. The van der Waals surface area contributed by atoms with Crippen molar-refractivity contribution in [3.05, 3.63) is 0 Å². The van der Waals surface area contributed by atoms with Crippen LogP contribution in [0.1, 0.15) is 27.2 Å². The van der Waals surface area contributed by atoms with Gasteiger partial charge in [0.1, 0.15) is 0 Å². The van der Waals surface area contributed by atoms with Crippen LogP contribution in [-0.4, -0.2) is 51.9 Å². The van der Waals surface area contributed by atoms with E-state index in [0.717, 1.165) is 18.2 Å². The van der Waals surface area contributed by atoms with Crippen LogP contribution in [0.4, 0.5) is 0 Å². The van der Waals surface area contributed by atoms with Crippen LogP contribution in [-0.2, 0) is 23.7 Å². The second-order valence-corrected chi connectivity index (χ2v) is 7.33. The lowest BCUT2D eigenvalue weighted by atomic mass is 10.6. The number of rotatable bonds is 9. The van der Waals surface area contributed by atoms with Gasteiger partial charge in [-0.2, -0.15) is 21.0 Å². The molecule has 0 aliphatic rings. The average molecular weight is 337 g/mol. The van der Waals surface area contributed by atoms with Crippen molar-refractivity contribution >= 4 is 31.8 Å². The molecule has 0 saturated carbocycles. The highest BCUT2D eigenvalue weighted by molar-refractivity contribution is 7.80. The highest BCUT2D eigenvalue weighted by Gasteiger charge is 2.39. The lowest BCUT2D eigenvalue weighted by molar-refractivity contribution is 0.0712. The van der Waals surface area contributed by atoms with Crippen molar-refractivity contribution in [2.45, 2.75) is 33.2 Å². The first-order valence-corrected chi connectivity index (χ1v) is 9.93. The summed E-state index contributed by atoms with van der Waals surface area (Å²) in [4.78, 5) is 0. The van der Waals surface area contributed by atoms with Crippen LogP contribution in [0.2, 0.25) is 6.04 Å². The van der Waals surface area contributed by atoms with E-state index in [2.05, 4.69) is 12.6 Å². The first-order chi connectivity index (χ1) is 8.74. The van der Waals surface area contributed by atoms with Gasteiger partial charge >= 0.3 is 19.2 Å². The van der Waals surface area contributed by atoms with Gasteiger partial charge in [0, 0.05) is 25.9 Å². The molecule has 10 heteroatoms. The minimum Gasteiger partial charge on any atom is -0.374 e. The molecule has 0 aromatic heterocycles. The van der Waals surface area contributed by atoms with Gasteiger partial charge in [-0.15, -0.1) is 0 Å². The standard InChI is InChI=1S/C9H22O3SSi.H2O4S/c1-4-10-14(11-5-2,12-6-3)9-7-8-13;1-5(2,3)4/h13H,4-9H2,1-3H3;(H2,1,2,3,4). The molecule has 0 heterocycles. The molecule has 0 amide bonds. The fraction of sp³-hybridized carbons (Fsp3) is 1.00. The van der Waals surface area contributed by atoms with E-state index < -0.39 is 19.2 Å². The lowest BCUT2D eigenvalue weighted by Crippen LogP contribution is -2.46. The summed E-state index contributed by atoms with van der Waals surface area (Å²) in [5, 5.41) is 0. The van der Waals surface area contributed by atoms with Crippen LogP contribution in [0.5, 0.6) is 0 Å². The van der Waals surface area contributed by atoms with E-state index in [-0.39, 0.29) is 0 Å². The van der Waals surface area contributed by atoms with Gasteiger partial charge < -0.3 is 13.3 Å². The Morgan fingerprint density at radius 1 is 1.00 bits per heavy atom. The summed E-state index contributed by atoms with van der Waals surface area (Å²) < 4.78 is 48.6. The van der Waals surface area contributed by atoms with Gasteiger partial charge in [-0.05, 0) is 32.9 Å². The minimum atomic E-state index is -4.67. The summed E-state index contributed by atoms with van der Waals surface area (Å²) in [6.07, 6.45) is 0.981. The molecule has 7 nitrogen and oxygen atoms in total. The van der Waals surface area contributed by atoms with E-state index in [9.17, 15) is 0 Å². The topological polar surface area (TPSA) is 102 Å². The molecule has 0 rings (SSSR count). The quantitative estimate of drug-likeness (QED) is 0.334. The molecule has 0 aliphatic heterocycles. The molecular weight excluding hydrogens is 312 g/mol. The summed E-state index contributed by atoms with van der Waals surface area (Å²) in [5.41, 5.74) is 0. The van der Waals surface area contributed by atoms with Crippen molar-refractivity contribution in [2.75, 3.05) is 25.6 Å². The summed E-state index contributed by atoms with van der Waals surface area (Å²) in [6.45, 7) is 7.87. The molecule has 0 bridgehead atoms. The number of thiol groups is 1. The van der Waals surface area contributed by atoms with Crippen LogP contribution in [0, 0.1) is 0 Å². The monoisotopic (exact) mass is 336 g/mol. The zero-order valence-electron chi connectivity index (χ0n) is 11.5. The van der Waals surface area contributed by atoms with Gasteiger partial charge in [-0.1, -0.05) is 0 Å². The fourth-order valence-electron chi connectivity index (χ4n) is 1.30. The van der Waals surface area contributed by atoms with Crippen molar-refractivity contribution in [3.63, 3.8) is 0 Å². The van der Waals surface area contributed by atoms with E-state index >= 15 is 0 Å². The first-order valence-electron chi connectivity index (χ1n) is 5.97. The van der Waals surface area contributed by atoms with E-state index in [1.165, 1.54) is 0 Å². The van der Waals surface area contributed by atoms with Gasteiger partial charge in [0.05, 0.1) is 0 Å². The normalized spacial score (nSPS) is 11.9. The third-order valence-electron chi connectivity index (χ3n) is 1.73. The van der Waals surface area contributed by atoms with Crippen molar-refractivity contribution in [2.24, 2.45) is 0 Å². The van der Waals surface area contributed by atoms with Gasteiger partial charge in [0.15, 0.2) is 0 Å². The van der Waals surface area contributed by atoms with Gasteiger partial charge in [-0.25, -0.2) is 0 Å². The van der Waals surface area contributed by atoms with Crippen LogP contribution >= 0.6 is 12.6 Å². The predicted octanol–water partition coefficient (Wildman–Crippen LogP) is 1.70. The Kier molecular flexibility index (Phi) is 13.7. The molecule has 19 heavy (non-hydrogen) atoms. The van der Waals surface area contributed by atoms with Crippen molar-refractivity contribution < 1.29 is 30.8 Å². The summed E-state index contributed by atoms with van der Waals surface area (Å²) in [5.74, 6) is 0.849. The molecular formula is C9H24O7S2Si. The molecule has 0 spiro atoms. The zero-order chi connectivity index (χ0) is 15.4. The Hall–Kier alpha value is 0.317. The molecule has 0 aromatic carbocycles. The van der Waals surface area contributed by atoms with Crippen LogP contribution in [0.25, 0.3) is 0 Å². The maximum absolute atomic E-state index is 8.74. The maximum atomic E-state index is 8.74. The van der Waals surface area contributed by atoms with Crippen LogP contribution in [0.15, 0.2) is 0 Å². The summed E-state index contributed by atoms with van der Waals surface area (Å²) in [6, 6.07) is 0.867. The van der Waals surface area contributed by atoms with Gasteiger partial charge in [-0.3, -0.25) is 9.11 Å². The van der Waals surface area contributed by atoms with Crippen molar-refractivity contribution in [1.29, 1.82) is 0 Å². The van der Waals surface area contributed by atoms with E-state index in [0.29, 0.717) is 19.8 Å². The highest BCUT2D eigenvalue weighted by Crippen LogP contribution is 2.18. The predicted molar refractivity (Wildman–Crippen MR) is 78.1 cm³/mol. The Balaban J connectivity index is 0. The Morgan fingerprint density at radius 2 is 1.32 bits per heavy atom. The van der Waals surface area contributed by atoms with E-state index in [4.69, 9.17) is 30.8 Å². The zero-order valence-corrected chi connectivity index (χ0v) is 14.2. The number of hydrogen-bond donors (Lipinski definition) is 3. The third-order valence-corrected chi connectivity index (χ3v) is 5.20. The second-order valence-electron chi connectivity index (χ2n) is 3.26. The third kappa shape index (κ3) is 16.3. The molecule has 0 saturated heterocycles. The molecule has 2 N–H and O–H groups in total. The van der Waals surface area contributed by atoms with E-state index in [1.807, 2.05) is 20.8 Å². The Bertz CT molecular complexity index is 272. The molecule has 0 aromatic rings. The van der Waals surface area contributed by atoms with Crippen molar-refractivity contribution in [1.82, 2.24) is 0 Å². The molecule has 0 unspecified atom stereocenters. The average Bonchev–Trinajstić information content (AvgIpc) is 2.25. The van der Waals surface area contributed by atoms with Crippen molar-refractivity contribution in [3.8, 4) is 0 Å². The molecule has 0 aliphatic carbocycles. The summed E-state index contributed by atoms with van der Waals surface area (Å²) >= 11 is 4.19. The minimum absolute atomic E-state index is 0.652. The molecule has 118 valence electrons. The van der Waals surface area contributed by atoms with Gasteiger partial charge in [0.25, 0.3) is 0 Å². The highest BCUT2D eigenvalue weighted by atomic mass is 32.3. The lowest BCUT2D eigenvalue weighted by Gasteiger charge is -2.28. The van der Waals surface area contributed by atoms with Crippen LogP contribution in [0.3, 0.4) is 0 Å². The smallest absolute Gasteiger partial charge is 0.374 e. The Morgan fingerprint density at radius 3 is 1.53 bits per heavy atom.